The number of phosphoric acid groups is 1. The van der Waals surface area contributed by atoms with E-state index in [1.165, 1.54) is 6.07 Å². The molecule has 0 N–H and O–H groups in total. The van der Waals surface area contributed by atoms with Gasteiger partial charge in [0.2, 0.25) is 11.7 Å². The van der Waals surface area contributed by atoms with E-state index in [1.54, 1.807) is 12.1 Å². The lowest BCUT2D eigenvalue weighted by Crippen LogP contribution is -2.40. The molecule has 29 heavy (non-hydrogen) atoms. The number of halogens is 3. The van der Waals surface area contributed by atoms with Gasteiger partial charge < -0.3 is 4.74 Å². The number of hydrogen-bond donors (Lipinski definition) is 0. The average molecular weight is 466 g/mol. The minimum atomic E-state index is -3.90. The summed E-state index contributed by atoms with van der Waals surface area (Å²) in [4.78, 5) is 24.3. The van der Waals surface area contributed by atoms with Gasteiger partial charge in [0.15, 0.2) is 5.83 Å². The van der Waals surface area contributed by atoms with Crippen LogP contribution in [-0.2, 0) is 39.1 Å². The topological polar surface area (TPSA) is 91.4 Å². The third-order valence-corrected chi connectivity index (χ3v) is 6.69. The molecule has 0 saturated carbocycles. The molecule has 0 radical (unpaired) electrons. The summed E-state index contributed by atoms with van der Waals surface area (Å²) in [6.45, 7) is -0.227. The summed E-state index contributed by atoms with van der Waals surface area (Å²) in [6, 6.07) is 4.77. The number of benzene rings is 1. The van der Waals surface area contributed by atoms with E-state index < -0.39 is 50.2 Å². The van der Waals surface area contributed by atoms with Crippen molar-refractivity contribution in [2.45, 2.75) is 37.9 Å². The Labute approximate surface area is 175 Å². The fraction of sp³-hybridized carbons (Fsp3) is 0.412. The smallest absolute Gasteiger partial charge is 0.349 e. The van der Waals surface area contributed by atoms with Crippen LogP contribution in [-0.4, -0.2) is 41.6 Å². The van der Waals surface area contributed by atoms with Crippen LogP contribution in [0.5, 0.6) is 0 Å². The fourth-order valence-corrected chi connectivity index (χ4v) is 5.01. The molecule has 1 aromatic carbocycles. The summed E-state index contributed by atoms with van der Waals surface area (Å²) in [5, 5.41) is 0.794. The zero-order valence-corrected chi connectivity index (χ0v) is 17.2. The minimum absolute atomic E-state index is 0.0973. The molecule has 1 amide bonds. The van der Waals surface area contributed by atoms with Gasteiger partial charge in [-0.3, -0.25) is 28.1 Å². The summed E-state index contributed by atoms with van der Waals surface area (Å²) in [6.07, 6.45) is -1.81. The minimum Gasteiger partial charge on any atom is -0.349 e. The van der Waals surface area contributed by atoms with Crippen molar-refractivity contribution in [1.82, 2.24) is 4.90 Å². The van der Waals surface area contributed by atoms with Crippen LogP contribution in [0.25, 0.3) is 0 Å². The van der Waals surface area contributed by atoms with Crippen molar-refractivity contribution in [3.05, 3.63) is 45.8 Å². The normalized spacial score (nSPS) is 32.3. The number of ketones is 1. The highest BCUT2D eigenvalue weighted by molar-refractivity contribution is 7.48. The highest BCUT2D eigenvalue weighted by atomic mass is 35.5. The van der Waals surface area contributed by atoms with Crippen molar-refractivity contribution >= 4 is 42.7 Å². The molecule has 0 bridgehead atoms. The molecule has 1 unspecified atom stereocenters. The van der Waals surface area contributed by atoms with Crippen molar-refractivity contribution in [1.29, 1.82) is 0 Å². The maximum atomic E-state index is 13.6. The van der Waals surface area contributed by atoms with Gasteiger partial charge in [-0.05, 0) is 17.7 Å². The third-order valence-electron chi connectivity index (χ3n) is 4.66. The van der Waals surface area contributed by atoms with Crippen LogP contribution in [0.1, 0.15) is 18.4 Å². The van der Waals surface area contributed by atoms with Gasteiger partial charge in [-0.15, -0.1) is 0 Å². The third kappa shape index (κ3) is 4.41. The Kier molecular flexibility index (Phi) is 5.83. The molecule has 0 aromatic heterocycles. The van der Waals surface area contributed by atoms with E-state index in [0.717, 1.165) is 11.1 Å². The van der Waals surface area contributed by atoms with Crippen LogP contribution in [0.15, 0.2) is 30.2 Å². The highest BCUT2D eigenvalue weighted by Gasteiger charge is 2.49. The molecule has 0 aliphatic carbocycles. The first-order valence-corrected chi connectivity index (χ1v) is 10.8. The Morgan fingerprint density at radius 1 is 1.28 bits per heavy atom. The number of phosphoric ester groups is 1. The first kappa shape index (κ1) is 20.9. The zero-order chi connectivity index (χ0) is 20.8. The molecule has 3 aliphatic rings. The maximum Gasteiger partial charge on any atom is 0.475 e. The summed E-state index contributed by atoms with van der Waals surface area (Å²) < 4.78 is 48.1. The van der Waals surface area contributed by atoms with Gasteiger partial charge in [0.05, 0.1) is 19.6 Å². The Morgan fingerprint density at radius 3 is 2.83 bits per heavy atom. The second-order valence-electron chi connectivity index (χ2n) is 6.64. The average Bonchev–Trinajstić information content (AvgIpc) is 3.06. The van der Waals surface area contributed by atoms with Crippen LogP contribution < -0.4 is 0 Å². The van der Waals surface area contributed by atoms with E-state index >= 15 is 0 Å². The van der Waals surface area contributed by atoms with E-state index in [9.17, 15) is 18.5 Å². The standard InChI is InChI=1S/C17H15Cl2FNO7P/c18-10-2-1-9(11(19)3-10)7-25-29(24)26-8-15-14(28-29)5-17(27-15)21-6-12(20)13(22)4-16(21)23/h1-3,6,14-15,17H,4-5,7-8H2/t14-,15+,17+,29?/m0/s1. The van der Waals surface area contributed by atoms with Crippen molar-refractivity contribution in [3.63, 3.8) is 0 Å². The molecule has 1 aromatic rings. The molecule has 2 fully saturated rings. The lowest BCUT2D eigenvalue weighted by Gasteiger charge is -2.30. The van der Waals surface area contributed by atoms with E-state index in [4.69, 9.17) is 41.5 Å². The van der Waals surface area contributed by atoms with Crippen molar-refractivity contribution in [2.24, 2.45) is 0 Å². The molecule has 12 heteroatoms. The largest absolute Gasteiger partial charge is 0.475 e. The first-order valence-electron chi connectivity index (χ1n) is 8.63. The van der Waals surface area contributed by atoms with Gasteiger partial charge in [-0.2, -0.15) is 0 Å². The SMILES string of the molecule is O=C1CC(=O)N([C@H]2C[C@@H]3OP(=O)(OCc4ccc(Cl)cc4Cl)OC[C@H]3O2)C=C1F. The molecule has 2 saturated heterocycles. The van der Waals surface area contributed by atoms with Crippen LogP contribution in [0.2, 0.25) is 10.0 Å². The number of fused-ring (bicyclic) bond motifs is 1. The Hall–Kier alpha value is -1.32. The molecule has 156 valence electrons. The van der Waals surface area contributed by atoms with E-state index in [1.807, 2.05) is 0 Å². The summed E-state index contributed by atoms with van der Waals surface area (Å²) in [7, 11) is -3.90. The van der Waals surface area contributed by atoms with Crippen molar-refractivity contribution in [3.8, 4) is 0 Å². The van der Waals surface area contributed by atoms with Crippen LogP contribution >= 0.6 is 31.0 Å². The summed E-state index contributed by atoms with van der Waals surface area (Å²) in [5.41, 5.74) is 0.547. The number of rotatable bonds is 4. The maximum absolute atomic E-state index is 13.6. The van der Waals surface area contributed by atoms with E-state index in [0.29, 0.717) is 15.6 Å². The van der Waals surface area contributed by atoms with Gasteiger partial charge in [0.1, 0.15) is 18.4 Å². The Balaban J connectivity index is 1.40. The molecule has 4 atom stereocenters. The number of carbonyl (C=O) groups is 2. The summed E-state index contributed by atoms with van der Waals surface area (Å²) in [5.74, 6) is -2.48. The van der Waals surface area contributed by atoms with E-state index in [-0.39, 0.29) is 19.6 Å². The quantitative estimate of drug-likeness (QED) is 0.493. The van der Waals surface area contributed by atoms with Crippen LogP contribution in [0.4, 0.5) is 4.39 Å². The molecule has 4 rings (SSSR count). The highest BCUT2D eigenvalue weighted by Crippen LogP contribution is 2.56. The van der Waals surface area contributed by atoms with Gasteiger partial charge in [-0.1, -0.05) is 29.3 Å². The number of Topliss-reactive ketones (excluding diaryl/α,β-unsaturated/α-hetero) is 1. The van der Waals surface area contributed by atoms with Crippen molar-refractivity contribution < 1.29 is 36.9 Å². The zero-order valence-electron chi connectivity index (χ0n) is 14.8. The van der Waals surface area contributed by atoms with Gasteiger partial charge >= 0.3 is 7.82 Å². The van der Waals surface area contributed by atoms with Gasteiger partial charge in [0, 0.05) is 22.7 Å². The van der Waals surface area contributed by atoms with Crippen LogP contribution in [0, 0.1) is 0 Å². The second-order valence-corrected chi connectivity index (χ2v) is 9.10. The number of carbonyl (C=O) groups excluding carboxylic acids is 2. The number of nitrogens with zero attached hydrogens (tertiary/aromatic N) is 1. The predicted octanol–water partition coefficient (Wildman–Crippen LogP) is 3.76. The molecule has 3 aliphatic heterocycles. The molecular weight excluding hydrogens is 451 g/mol. The Bertz CT molecular complexity index is 942. The molecule has 8 nitrogen and oxygen atoms in total. The number of ether oxygens (including phenoxy) is 1. The van der Waals surface area contributed by atoms with Gasteiger partial charge in [0.25, 0.3) is 0 Å². The second kappa shape index (κ2) is 8.07. The number of allylic oxidation sites excluding steroid dienone is 1. The van der Waals surface area contributed by atoms with Crippen LogP contribution in [0.3, 0.4) is 0 Å². The molecule has 3 heterocycles. The lowest BCUT2D eigenvalue weighted by molar-refractivity contribution is -0.146. The number of hydrogen-bond acceptors (Lipinski definition) is 7. The van der Waals surface area contributed by atoms with Crippen molar-refractivity contribution in [2.75, 3.05) is 6.61 Å². The Morgan fingerprint density at radius 2 is 2.07 bits per heavy atom. The monoisotopic (exact) mass is 465 g/mol. The fourth-order valence-electron chi connectivity index (χ4n) is 3.17. The number of amides is 1. The molecular formula is C17H15Cl2FNO7P. The molecule has 0 spiro atoms. The summed E-state index contributed by atoms with van der Waals surface area (Å²) >= 11 is 11.9. The first-order chi connectivity index (χ1) is 13.7. The van der Waals surface area contributed by atoms with Gasteiger partial charge in [-0.25, -0.2) is 8.96 Å². The predicted molar refractivity (Wildman–Crippen MR) is 98.6 cm³/mol. The lowest BCUT2D eigenvalue weighted by atomic mass is 10.1. The van der Waals surface area contributed by atoms with E-state index in [2.05, 4.69) is 0 Å².